The SMILES string of the molecule is CN1CCc2cc([C@H](CNC(=O)C(=O)Nc3ccc(C(F)(F)F)cc3)N3CCCCC3)ccc21. The Morgan fingerprint density at radius 3 is 2.35 bits per heavy atom. The van der Waals surface area contributed by atoms with Crippen LogP contribution in [0.3, 0.4) is 0 Å². The molecule has 0 unspecified atom stereocenters. The minimum Gasteiger partial charge on any atom is -0.374 e. The van der Waals surface area contributed by atoms with Crippen molar-refractivity contribution in [3.8, 4) is 0 Å². The van der Waals surface area contributed by atoms with Gasteiger partial charge < -0.3 is 15.5 Å². The summed E-state index contributed by atoms with van der Waals surface area (Å²) in [5.41, 5.74) is 2.93. The number of halogens is 3. The normalized spacial score (nSPS) is 17.2. The third-order valence-corrected chi connectivity index (χ3v) is 6.58. The zero-order valence-electron chi connectivity index (χ0n) is 19.1. The number of hydrogen-bond acceptors (Lipinski definition) is 4. The minimum absolute atomic E-state index is 0.0562. The molecule has 2 aromatic rings. The zero-order chi connectivity index (χ0) is 24.3. The topological polar surface area (TPSA) is 64.7 Å². The average molecular weight is 475 g/mol. The molecule has 2 amide bonds. The van der Waals surface area contributed by atoms with E-state index >= 15 is 0 Å². The van der Waals surface area contributed by atoms with Crippen molar-refractivity contribution in [3.63, 3.8) is 0 Å². The number of carbonyl (C=O) groups excluding carboxylic acids is 2. The van der Waals surface area contributed by atoms with Gasteiger partial charge in [-0.15, -0.1) is 0 Å². The smallest absolute Gasteiger partial charge is 0.374 e. The van der Waals surface area contributed by atoms with Gasteiger partial charge in [-0.05, 0) is 73.8 Å². The number of likely N-dealkylation sites (tertiary alicyclic amines) is 1. The maximum Gasteiger partial charge on any atom is 0.416 e. The standard InChI is InChI=1S/C25H29F3N4O2/c1-31-14-11-18-15-17(5-10-21(18)31)22(32-12-3-2-4-13-32)16-29-23(33)24(34)30-20-8-6-19(7-9-20)25(26,27)28/h5-10,15,22H,2-4,11-14,16H2,1H3,(H,29,33)(H,30,34)/t22-/m0/s1. The van der Waals surface area contributed by atoms with Crippen LogP contribution in [0.15, 0.2) is 42.5 Å². The lowest BCUT2D eigenvalue weighted by Gasteiger charge is -2.35. The summed E-state index contributed by atoms with van der Waals surface area (Å²) in [5, 5.41) is 5.09. The van der Waals surface area contributed by atoms with E-state index in [1.54, 1.807) is 0 Å². The van der Waals surface area contributed by atoms with E-state index in [2.05, 4.69) is 45.7 Å². The van der Waals surface area contributed by atoms with Gasteiger partial charge >= 0.3 is 18.0 Å². The molecule has 0 spiro atoms. The molecular formula is C25H29F3N4O2. The number of benzene rings is 2. The van der Waals surface area contributed by atoms with Crippen LogP contribution in [0.25, 0.3) is 0 Å². The predicted molar refractivity (Wildman–Crippen MR) is 125 cm³/mol. The highest BCUT2D eigenvalue weighted by Crippen LogP contribution is 2.32. The summed E-state index contributed by atoms with van der Waals surface area (Å²) in [6.07, 6.45) is -0.121. The van der Waals surface area contributed by atoms with Crippen molar-refractivity contribution in [1.29, 1.82) is 0 Å². The maximum absolute atomic E-state index is 12.7. The van der Waals surface area contributed by atoms with Gasteiger partial charge in [0.2, 0.25) is 0 Å². The Bertz CT molecular complexity index is 1030. The van der Waals surface area contributed by atoms with E-state index < -0.39 is 23.6 Å². The Morgan fingerprint density at radius 2 is 1.68 bits per heavy atom. The molecule has 6 nitrogen and oxygen atoms in total. The predicted octanol–water partition coefficient (Wildman–Crippen LogP) is 3.98. The summed E-state index contributed by atoms with van der Waals surface area (Å²) in [5.74, 6) is -1.73. The molecule has 2 N–H and O–H groups in total. The lowest BCUT2D eigenvalue weighted by atomic mass is 9.98. The van der Waals surface area contributed by atoms with Crippen LogP contribution in [-0.2, 0) is 22.2 Å². The van der Waals surface area contributed by atoms with Crippen LogP contribution in [0.5, 0.6) is 0 Å². The maximum atomic E-state index is 12.7. The molecule has 0 aliphatic carbocycles. The Hall–Kier alpha value is -3.07. The quantitative estimate of drug-likeness (QED) is 0.644. The highest BCUT2D eigenvalue weighted by Gasteiger charge is 2.30. The Kier molecular flexibility index (Phi) is 7.11. The number of hydrogen-bond donors (Lipinski definition) is 2. The van der Waals surface area contributed by atoms with Crippen LogP contribution in [-0.4, -0.2) is 49.9 Å². The molecule has 0 saturated carbocycles. The molecular weight excluding hydrogens is 445 g/mol. The molecule has 9 heteroatoms. The van der Waals surface area contributed by atoms with E-state index in [0.29, 0.717) is 0 Å². The van der Waals surface area contributed by atoms with Crippen LogP contribution in [0.2, 0.25) is 0 Å². The first-order valence-electron chi connectivity index (χ1n) is 11.6. The summed E-state index contributed by atoms with van der Waals surface area (Å²) in [7, 11) is 2.07. The molecule has 1 fully saturated rings. The second kappa shape index (κ2) is 10.0. The molecule has 4 rings (SSSR count). The first kappa shape index (κ1) is 24.1. The average Bonchev–Trinajstić information content (AvgIpc) is 3.19. The molecule has 2 aliphatic rings. The number of anilines is 2. The van der Waals surface area contributed by atoms with Crippen LogP contribution >= 0.6 is 0 Å². The van der Waals surface area contributed by atoms with Gasteiger partial charge in [0.15, 0.2) is 0 Å². The fraction of sp³-hybridized carbons (Fsp3) is 0.440. The van der Waals surface area contributed by atoms with E-state index in [1.807, 2.05) is 0 Å². The molecule has 0 aromatic heterocycles. The number of likely N-dealkylation sites (N-methyl/N-ethyl adjacent to an activating group) is 1. The molecule has 2 aliphatic heterocycles. The Balaban J connectivity index is 1.41. The lowest BCUT2D eigenvalue weighted by molar-refractivity contribution is -0.137. The molecule has 0 radical (unpaired) electrons. The van der Waals surface area contributed by atoms with Crippen molar-refractivity contribution in [3.05, 3.63) is 59.2 Å². The summed E-state index contributed by atoms with van der Waals surface area (Å²) < 4.78 is 38.1. The number of piperidine rings is 1. The van der Waals surface area contributed by atoms with Crippen LogP contribution in [0.1, 0.15) is 42.0 Å². The Labute approximate surface area is 197 Å². The largest absolute Gasteiger partial charge is 0.416 e. The number of carbonyl (C=O) groups is 2. The first-order valence-corrected chi connectivity index (χ1v) is 11.6. The molecule has 1 atom stereocenters. The zero-order valence-corrected chi connectivity index (χ0v) is 19.1. The van der Waals surface area contributed by atoms with Gasteiger partial charge in [0.25, 0.3) is 0 Å². The van der Waals surface area contributed by atoms with Gasteiger partial charge in [0.1, 0.15) is 0 Å². The van der Waals surface area contributed by atoms with E-state index in [1.165, 1.54) is 17.7 Å². The number of amides is 2. The van der Waals surface area contributed by atoms with Crippen LogP contribution in [0.4, 0.5) is 24.5 Å². The van der Waals surface area contributed by atoms with Gasteiger partial charge in [-0.25, -0.2) is 0 Å². The molecule has 2 aromatic carbocycles. The van der Waals surface area contributed by atoms with E-state index in [9.17, 15) is 22.8 Å². The third-order valence-electron chi connectivity index (χ3n) is 6.58. The van der Waals surface area contributed by atoms with Crippen molar-refractivity contribution < 1.29 is 22.8 Å². The Morgan fingerprint density at radius 1 is 0.971 bits per heavy atom. The highest BCUT2D eigenvalue weighted by atomic mass is 19.4. The molecule has 0 bridgehead atoms. The van der Waals surface area contributed by atoms with Crippen molar-refractivity contribution in [2.75, 3.05) is 43.4 Å². The monoisotopic (exact) mass is 474 g/mol. The van der Waals surface area contributed by atoms with Gasteiger partial charge in [0, 0.05) is 31.5 Å². The fourth-order valence-corrected chi connectivity index (χ4v) is 4.68. The molecule has 1 saturated heterocycles. The van der Waals surface area contributed by atoms with Gasteiger partial charge in [-0.1, -0.05) is 18.6 Å². The van der Waals surface area contributed by atoms with E-state index in [0.717, 1.165) is 68.7 Å². The number of nitrogens with one attached hydrogen (secondary N) is 2. The lowest BCUT2D eigenvalue weighted by Crippen LogP contribution is -2.43. The minimum atomic E-state index is -4.46. The molecule has 2 heterocycles. The van der Waals surface area contributed by atoms with Gasteiger partial charge in [0.05, 0.1) is 11.6 Å². The summed E-state index contributed by atoms with van der Waals surface area (Å²) >= 11 is 0. The first-order chi connectivity index (χ1) is 16.2. The molecule has 182 valence electrons. The van der Waals surface area contributed by atoms with Crippen LogP contribution < -0.4 is 15.5 Å². The van der Waals surface area contributed by atoms with Gasteiger partial charge in [-0.2, -0.15) is 13.2 Å². The number of rotatable bonds is 5. The van der Waals surface area contributed by atoms with Gasteiger partial charge in [-0.3, -0.25) is 14.5 Å². The van der Waals surface area contributed by atoms with Crippen molar-refractivity contribution in [1.82, 2.24) is 10.2 Å². The van der Waals surface area contributed by atoms with Crippen molar-refractivity contribution in [2.24, 2.45) is 0 Å². The number of alkyl halides is 3. The number of nitrogens with zero attached hydrogens (tertiary/aromatic N) is 2. The highest BCUT2D eigenvalue weighted by molar-refractivity contribution is 6.39. The summed E-state index contributed by atoms with van der Waals surface area (Å²) in [6.45, 7) is 3.10. The van der Waals surface area contributed by atoms with E-state index in [-0.39, 0.29) is 18.3 Å². The number of fused-ring (bicyclic) bond motifs is 1. The summed E-state index contributed by atoms with van der Waals surface area (Å²) in [6, 6.07) is 10.3. The van der Waals surface area contributed by atoms with E-state index in [4.69, 9.17) is 0 Å². The van der Waals surface area contributed by atoms with Crippen molar-refractivity contribution >= 4 is 23.2 Å². The summed E-state index contributed by atoms with van der Waals surface area (Å²) in [4.78, 5) is 29.4. The fourth-order valence-electron chi connectivity index (χ4n) is 4.68. The third kappa shape index (κ3) is 5.52. The van der Waals surface area contributed by atoms with Crippen molar-refractivity contribution in [2.45, 2.75) is 37.9 Å². The molecule has 34 heavy (non-hydrogen) atoms. The second-order valence-corrected chi connectivity index (χ2v) is 8.91. The van der Waals surface area contributed by atoms with Crippen LogP contribution in [0, 0.1) is 0 Å². The second-order valence-electron chi connectivity index (χ2n) is 8.91.